The fourth-order valence-electron chi connectivity index (χ4n) is 10.0. The molecule has 84 heavy (non-hydrogen) atoms. The van der Waals surface area contributed by atoms with E-state index in [4.69, 9.17) is 25.7 Å². The maximum atomic E-state index is 14.8. The molecule has 1 unspecified atom stereocenters. The number of aryl methyl sites for hydroxylation is 3. The van der Waals surface area contributed by atoms with Crippen LogP contribution in [0.15, 0.2) is 73.2 Å². The molecule has 5 amide bonds. The van der Waals surface area contributed by atoms with Crippen LogP contribution in [0.2, 0.25) is 0 Å². The van der Waals surface area contributed by atoms with E-state index in [-0.39, 0.29) is 95.1 Å². The number of rotatable bonds is 44. The average Bonchev–Trinajstić information content (AvgIpc) is 4.34. The standard InChI is InChI=1S/C60H93N8O14PS/c1-42(2)33-52(66-60(75)53-36-49(81-28-18-16-24-46-22-14-10-15-23-46)39-68(53)56(71)25-29-79-31-32-80-30-26-64-59(74)51(61)40-84)55(70)35-47(58(73)65-43(3)54(69)37-50(57(62)72)44(4)82-83(76,77)78)34-48-38-63-41-67(48)27-17-8-6-5-7-11-19-45-20-12-9-13-21-45/h9-10,12-15,20-23,38,41-44,47,49-53,84H,5-8,11,16-19,24-37,39-40,61H2,1-4H3,(H2,62,72)(H,64,74)(H,65,73)(H,66,75)(H2,76,77,78)/t43-,44+,47+,49-,50-,51-,52-,53?/m0/s1. The number of Topliss-reactive ketones (excluding diaryl/α,β-unsaturated/α-hetero) is 2. The number of hydrogen-bond donors (Lipinski definition) is 8. The summed E-state index contributed by atoms with van der Waals surface area (Å²) in [6.07, 6.45) is 10.5. The summed E-state index contributed by atoms with van der Waals surface area (Å²) < 4.78 is 35.7. The molecule has 1 aromatic heterocycles. The van der Waals surface area contributed by atoms with E-state index in [2.05, 4.69) is 74.5 Å². The topological polar surface area (TPSA) is 323 Å². The van der Waals surface area contributed by atoms with Gasteiger partial charge < -0.3 is 60.9 Å². The lowest BCUT2D eigenvalue weighted by Crippen LogP contribution is -2.52. The summed E-state index contributed by atoms with van der Waals surface area (Å²) in [6.45, 7) is 8.46. The monoisotopic (exact) mass is 1210 g/mol. The molecule has 1 aliphatic rings. The predicted molar refractivity (Wildman–Crippen MR) is 321 cm³/mol. The van der Waals surface area contributed by atoms with Crippen molar-refractivity contribution in [3.8, 4) is 0 Å². The Morgan fingerprint density at radius 3 is 2.01 bits per heavy atom. The number of unbranched alkanes of at least 4 members (excludes halogenated alkanes) is 6. The lowest BCUT2D eigenvalue weighted by atomic mass is 9.89. The quantitative estimate of drug-likeness (QED) is 0.0210. The number of phosphoric acid groups is 1. The third kappa shape index (κ3) is 27.3. The zero-order valence-electron chi connectivity index (χ0n) is 49.5. The SMILES string of the molecule is CC(C)C[C@H](NC(=O)C1C[C@H](OCCCCc2ccccc2)CN1C(=O)CCOCCOCCNC(=O)[C@@H](N)CS)C(=O)C[C@@H](Cc1cncn1CCCCCCCCc1ccccc1)C(=O)N[C@@H](C)C(=O)C[C@H](C(N)=O)[C@@H](C)OP(=O)(O)O. The van der Waals surface area contributed by atoms with Crippen molar-refractivity contribution >= 4 is 61.6 Å². The van der Waals surface area contributed by atoms with Gasteiger partial charge in [-0.1, -0.05) is 100 Å². The molecule has 1 aliphatic heterocycles. The molecule has 0 spiro atoms. The first-order chi connectivity index (χ1) is 40.1. The number of amides is 5. The minimum absolute atomic E-state index is 0.0327. The summed E-state index contributed by atoms with van der Waals surface area (Å²) in [4.78, 5) is 120. The Morgan fingerprint density at radius 1 is 0.774 bits per heavy atom. The van der Waals surface area contributed by atoms with Crippen LogP contribution in [0.25, 0.3) is 0 Å². The van der Waals surface area contributed by atoms with Crippen LogP contribution in [0.4, 0.5) is 0 Å². The Morgan fingerprint density at radius 2 is 1.39 bits per heavy atom. The molecule has 9 N–H and O–H groups in total. The number of nitrogens with zero attached hydrogens (tertiary/aromatic N) is 3. The highest BCUT2D eigenvalue weighted by Crippen LogP contribution is 2.39. The Labute approximate surface area is 501 Å². The van der Waals surface area contributed by atoms with Gasteiger partial charge in [-0.3, -0.25) is 38.1 Å². The number of carbonyl (C=O) groups is 7. The Balaban J connectivity index is 1.47. The van der Waals surface area contributed by atoms with Crippen LogP contribution < -0.4 is 27.4 Å². The molecule has 0 bridgehead atoms. The van der Waals surface area contributed by atoms with Gasteiger partial charge in [0.15, 0.2) is 11.6 Å². The molecule has 3 aromatic rings. The average molecular weight is 1210 g/mol. The Hall–Kier alpha value is -5.36. The second-order valence-electron chi connectivity index (χ2n) is 22.2. The van der Waals surface area contributed by atoms with Gasteiger partial charge in [-0.25, -0.2) is 9.55 Å². The zero-order valence-corrected chi connectivity index (χ0v) is 51.3. The Kier molecular flexibility index (Phi) is 32.7. The van der Waals surface area contributed by atoms with Crippen molar-refractivity contribution in [3.05, 3.63) is 90.0 Å². The molecular weight excluding hydrogens is 1120 g/mol. The lowest BCUT2D eigenvalue weighted by Gasteiger charge is -2.28. The third-order valence-electron chi connectivity index (χ3n) is 14.8. The molecule has 2 aromatic carbocycles. The molecule has 0 radical (unpaired) electrons. The van der Waals surface area contributed by atoms with E-state index in [0.29, 0.717) is 18.8 Å². The third-order valence-corrected chi connectivity index (χ3v) is 15.8. The first kappa shape index (κ1) is 71.1. The predicted octanol–water partition coefficient (Wildman–Crippen LogP) is 4.98. The Bertz CT molecular complexity index is 2520. The number of benzene rings is 2. The molecule has 4 rings (SSSR count). The van der Waals surface area contributed by atoms with Gasteiger partial charge in [-0.2, -0.15) is 12.6 Å². The first-order valence-corrected chi connectivity index (χ1v) is 31.8. The van der Waals surface area contributed by atoms with Crippen molar-refractivity contribution in [1.82, 2.24) is 30.4 Å². The second kappa shape index (κ2) is 38.6. The largest absolute Gasteiger partial charge is 0.469 e. The molecule has 8 atom stereocenters. The van der Waals surface area contributed by atoms with Gasteiger partial charge in [-0.15, -0.1) is 0 Å². The van der Waals surface area contributed by atoms with Crippen molar-refractivity contribution in [3.63, 3.8) is 0 Å². The maximum absolute atomic E-state index is 14.8. The highest BCUT2D eigenvalue weighted by Gasteiger charge is 2.42. The van der Waals surface area contributed by atoms with Crippen LogP contribution in [0.3, 0.4) is 0 Å². The van der Waals surface area contributed by atoms with E-state index in [1.165, 1.54) is 29.9 Å². The second-order valence-corrected chi connectivity index (χ2v) is 23.8. The minimum atomic E-state index is -5.06. The van der Waals surface area contributed by atoms with Gasteiger partial charge in [-0.05, 0) is 75.8 Å². The number of carbonyl (C=O) groups excluding carboxylic acids is 7. The summed E-state index contributed by atoms with van der Waals surface area (Å²) in [6, 6.07) is 16.5. The highest BCUT2D eigenvalue weighted by molar-refractivity contribution is 7.80. The zero-order chi connectivity index (χ0) is 61.4. The molecule has 0 saturated carbocycles. The van der Waals surface area contributed by atoms with Crippen LogP contribution in [-0.4, -0.2) is 154 Å². The number of nitrogens with two attached hydrogens (primary N) is 2. The number of phosphoric ester groups is 1. The number of nitrogens with one attached hydrogen (secondary N) is 3. The maximum Gasteiger partial charge on any atom is 0.469 e. The highest BCUT2D eigenvalue weighted by atomic mass is 32.1. The fourth-order valence-corrected chi connectivity index (χ4v) is 10.8. The first-order valence-electron chi connectivity index (χ1n) is 29.6. The van der Waals surface area contributed by atoms with E-state index < -0.39 is 91.7 Å². The van der Waals surface area contributed by atoms with Gasteiger partial charge in [0, 0.05) is 69.6 Å². The summed E-state index contributed by atoms with van der Waals surface area (Å²) in [5.41, 5.74) is 14.4. The number of ether oxygens (including phenoxy) is 3. The smallest absolute Gasteiger partial charge is 0.379 e. The molecule has 24 heteroatoms. The number of thiol groups is 1. The van der Waals surface area contributed by atoms with Gasteiger partial charge in [0.1, 0.15) is 6.04 Å². The van der Waals surface area contributed by atoms with Gasteiger partial charge in [0.05, 0.1) is 81.3 Å². The van der Waals surface area contributed by atoms with E-state index >= 15 is 0 Å². The molecule has 1 saturated heterocycles. The summed E-state index contributed by atoms with van der Waals surface area (Å²) in [5.74, 6) is -6.47. The molecule has 468 valence electrons. The summed E-state index contributed by atoms with van der Waals surface area (Å²) in [7, 11) is -5.06. The van der Waals surface area contributed by atoms with Gasteiger partial charge >= 0.3 is 7.82 Å². The number of likely N-dealkylation sites (tertiary alicyclic amines) is 1. The van der Waals surface area contributed by atoms with Crippen LogP contribution in [-0.2, 0) is 82.7 Å². The number of hydrogen-bond acceptors (Lipinski definition) is 15. The fraction of sp³-hybridized carbons (Fsp3) is 0.633. The number of aromatic nitrogens is 2. The van der Waals surface area contributed by atoms with E-state index in [1.54, 1.807) is 12.5 Å². The van der Waals surface area contributed by atoms with Crippen molar-refractivity contribution in [2.24, 2.45) is 29.2 Å². The van der Waals surface area contributed by atoms with Gasteiger partial charge in [0.2, 0.25) is 29.5 Å². The summed E-state index contributed by atoms with van der Waals surface area (Å²) >= 11 is 4.03. The van der Waals surface area contributed by atoms with Crippen LogP contribution in [0, 0.1) is 17.8 Å². The van der Waals surface area contributed by atoms with E-state index in [9.17, 15) is 47.9 Å². The lowest BCUT2D eigenvalue weighted by molar-refractivity contribution is -0.140. The number of ketones is 2. The van der Waals surface area contributed by atoms with Crippen LogP contribution >= 0.6 is 20.5 Å². The molecular formula is C60H93N8O14PS. The van der Waals surface area contributed by atoms with Crippen molar-refractivity contribution < 1.29 is 66.6 Å². The number of primary amides is 1. The minimum Gasteiger partial charge on any atom is -0.379 e. The normalized spacial score (nSPS) is 16.6. The van der Waals surface area contributed by atoms with Crippen LogP contribution in [0.1, 0.15) is 128 Å². The van der Waals surface area contributed by atoms with E-state index in [0.717, 1.165) is 64.2 Å². The molecule has 22 nitrogen and oxygen atoms in total. The molecule has 0 aliphatic carbocycles. The molecule has 2 heterocycles. The van der Waals surface area contributed by atoms with E-state index in [1.807, 2.05) is 42.7 Å². The van der Waals surface area contributed by atoms with Crippen molar-refractivity contribution in [2.75, 3.05) is 51.9 Å². The van der Waals surface area contributed by atoms with Gasteiger partial charge in [0.25, 0.3) is 0 Å². The van der Waals surface area contributed by atoms with Crippen molar-refractivity contribution in [2.45, 2.75) is 173 Å². The van der Waals surface area contributed by atoms with Crippen molar-refractivity contribution in [1.29, 1.82) is 0 Å². The van der Waals surface area contributed by atoms with Crippen LogP contribution in [0.5, 0.6) is 0 Å². The summed E-state index contributed by atoms with van der Waals surface area (Å²) in [5, 5.41) is 8.33. The molecule has 1 fully saturated rings. The number of imidazole rings is 1.